The molecule has 1 rings (SSSR count). The van der Waals surface area contributed by atoms with Crippen LogP contribution in [-0.2, 0) is 0 Å². The molecule has 1 aliphatic rings. The second kappa shape index (κ2) is 7.29. The summed E-state index contributed by atoms with van der Waals surface area (Å²) in [5.74, 6) is 0.720. The fourth-order valence-corrected chi connectivity index (χ4v) is 2.90. The Morgan fingerprint density at radius 1 is 1.12 bits per heavy atom. The zero-order chi connectivity index (χ0) is 12.0. The van der Waals surface area contributed by atoms with Crippen LogP contribution in [-0.4, -0.2) is 30.6 Å². The number of nitrogens with zero attached hydrogens (tertiary/aromatic N) is 1. The van der Waals surface area contributed by atoms with Crippen molar-refractivity contribution in [2.75, 3.05) is 13.6 Å². The van der Waals surface area contributed by atoms with Gasteiger partial charge in [-0.25, -0.2) is 0 Å². The Morgan fingerprint density at radius 3 is 2.19 bits per heavy atom. The van der Waals surface area contributed by atoms with E-state index in [1.807, 2.05) is 0 Å². The second-order valence-electron chi connectivity index (χ2n) is 5.97. The van der Waals surface area contributed by atoms with Crippen LogP contribution >= 0.6 is 0 Å². The lowest BCUT2D eigenvalue weighted by molar-refractivity contribution is 0.202. The average Bonchev–Trinajstić information content (AvgIpc) is 2.43. The van der Waals surface area contributed by atoms with Crippen LogP contribution in [0.25, 0.3) is 0 Å². The molecule has 1 aliphatic carbocycles. The van der Waals surface area contributed by atoms with Gasteiger partial charge in [-0.1, -0.05) is 39.5 Å². The highest BCUT2D eigenvalue weighted by Gasteiger charge is 2.18. The van der Waals surface area contributed by atoms with Crippen LogP contribution in [0, 0.1) is 5.92 Å². The molecule has 0 amide bonds. The zero-order valence-electron chi connectivity index (χ0n) is 11.4. The van der Waals surface area contributed by atoms with Crippen molar-refractivity contribution in [2.45, 2.75) is 70.9 Å². The molecule has 0 aromatic heterocycles. The Labute approximate surface area is 102 Å². The number of nitrogens with two attached hydrogens (primary N) is 1. The van der Waals surface area contributed by atoms with Gasteiger partial charge in [0.2, 0.25) is 0 Å². The molecule has 1 fully saturated rings. The largest absolute Gasteiger partial charge is 0.327 e. The molecule has 0 aliphatic heterocycles. The van der Waals surface area contributed by atoms with Crippen molar-refractivity contribution in [2.24, 2.45) is 11.7 Å². The maximum atomic E-state index is 6.18. The lowest BCUT2D eigenvalue weighted by atomic mass is 10.0. The first-order valence-corrected chi connectivity index (χ1v) is 7.05. The van der Waals surface area contributed by atoms with Gasteiger partial charge in [0.15, 0.2) is 0 Å². The first-order chi connectivity index (χ1) is 7.59. The summed E-state index contributed by atoms with van der Waals surface area (Å²) < 4.78 is 0. The Balaban J connectivity index is 2.29. The minimum atomic E-state index is 0.355. The monoisotopic (exact) mass is 226 g/mol. The minimum absolute atomic E-state index is 0.355. The Kier molecular flexibility index (Phi) is 6.37. The van der Waals surface area contributed by atoms with Crippen molar-refractivity contribution in [1.82, 2.24) is 4.90 Å². The fourth-order valence-electron chi connectivity index (χ4n) is 2.90. The van der Waals surface area contributed by atoms with Crippen molar-refractivity contribution in [1.29, 1.82) is 0 Å². The van der Waals surface area contributed by atoms with Gasteiger partial charge in [-0.3, -0.25) is 0 Å². The highest BCUT2D eigenvalue weighted by molar-refractivity contribution is 4.76. The fraction of sp³-hybridized carbons (Fsp3) is 1.00. The van der Waals surface area contributed by atoms with E-state index in [9.17, 15) is 0 Å². The summed E-state index contributed by atoms with van der Waals surface area (Å²) in [7, 11) is 2.26. The molecule has 0 bridgehead atoms. The Morgan fingerprint density at radius 2 is 1.69 bits per heavy atom. The molecule has 0 radical (unpaired) electrons. The van der Waals surface area contributed by atoms with Crippen LogP contribution in [0.4, 0.5) is 0 Å². The van der Waals surface area contributed by atoms with Crippen LogP contribution in [0.5, 0.6) is 0 Å². The van der Waals surface area contributed by atoms with Crippen molar-refractivity contribution in [3.63, 3.8) is 0 Å². The number of rotatable bonds is 5. The van der Waals surface area contributed by atoms with Crippen LogP contribution in [0.1, 0.15) is 58.8 Å². The van der Waals surface area contributed by atoms with Crippen molar-refractivity contribution in [3.8, 4) is 0 Å². The van der Waals surface area contributed by atoms with Gasteiger partial charge >= 0.3 is 0 Å². The normalized spacial score (nSPS) is 21.4. The molecule has 16 heavy (non-hydrogen) atoms. The third-order valence-electron chi connectivity index (χ3n) is 3.74. The lowest BCUT2D eigenvalue weighted by Crippen LogP contribution is -2.41. The highest BCUT2D eigenvalue weighted by atomic mass is 15.1. The maximum Gasteiger partial charge on any atom is 0.0170 e. The first kappa shape index (κ1) is 14.0. The number of likely N-dealkylation sites (N-methyl/N-ethyl adjacent to an activating group) is 1. The summed E-state index contributed by atoms with van der Waals surface area (Å²) in [4.78, 5) is 2.51. The molecule has 2 N–H and O–H groups in total. The van der Waals surface area contributed by atoms with Crippen molar-refractivity contribution in [3.05, 3.63) is 0 Å². The van der Waals surface area contributed by atoms with Gasteiger partial charge in [-0.15, -0.1) is 0 Å². The molecule has 1 atom stereocenters. The summed E-state index contributed by atoms with van der Waals surface area (Å²) in [6.45, 7) is 5.58. The highest BCUT2D eigenvalue weighted by Crippen LogP contribution is 2.21. The van der Waals surface area contributed by atoms with Gasteiger partial charge in [0.1, 0.15) is 0 Å². The Bertz CT molecular complexity index is 172. The molecule has 2 heteroatoms. The molecular weight excluding hydrogens is 196 g/mol. The molecule has 0 aromatic rings. The van der Waals surface area contributed by atoms with Gasteiger partial charge < -0.3 is 10.6 Å². The summed E-state index contributed by atoms with van der Waals surface area (Å²) in [5, 5.41) is 0. The molecule has 96 valence electrons. The SMILES string of the molecule is CC(C)CC(N)CN(C)C1CCCCCC1. The first-order valence-electron chi connectivity index (χ1n) is 7.05. The van der Waals surface area contributed by atoms with E-state index in [-0.39, 0.29) is 0 Å². The van der Waals surface area contributed by atoms with E-state index < -0.39 is 0 Å². The van der Waals surface area contributed by atoms with Crippen molar-refractivity contribution < 1.29 is 0 Å². The van der Waals surface area contributed by atoms with Gasteiger partial charge in [-0.05, 0) is 32.2 Å². The van der Waals surface area contributed by atoms with E-state index in [0.717, 1.165) is 24.9 Å². The summed E-state index contributed by atoms with van der Waals surface area (Å²) in [6.07, 6.45) is 9.60. The smallest absolute Gasteiger partial charge is 0.0170 e. The quantitative estimate of drug-likeness (QED) is 0.730. The van der Waals surface area contributed by atoms with Gasteiger partial charge in [-0.2, -0.15) is 0 Å². The number of hydrogen-bond acceptors (Lipinski definition) is 2. The molecular formula is C14H30N2. The predicted octanol–water partition coefficient (Wildman–Crippen LogP) is 3.01. The molecule has 1 unspecified atom stereocenters. The van der Waals surface area contributed by atoms with Gasteiger partial charge in [0.25, 0.3) is 0 Å². The molecule has 2 nitrogen and oxygen atoms in total. The van der Waals surface area contributed by atoms with E-state index in [0.29, 0.717) is 6.04 Å². The zero-order valence-corrected chi connectivity index (χ0v) is 11.4. The van der Waals surface area contributed by atoms with Gasteiger partial charge in [0.05, 0.1) is 0 Å². The summed E-state index contributed by atoms with van der Waals surface area (Å²) in [5.41, 5.74) is 6.18. The molecule has 1 saturated carbocycles. The number of hydrogen-bond donors (Lipinski definition) is 1. The maximum absolute atomic E-state index is 6.18. The second-order valence-corrected chi connectivity index (χ2v) is 5.97. The summed E-state index contributed by atoms with van der Waals surface area (Å²) >= 11 is 0. The van der Waals surface area contributed by atoms with E-state index in [1.54, 1.807) is 0 Å². The van der Waals surface area contributed by atoms with E-state index in [2.05, 4.69) is 25.8 Å². The summed E-state index contributed by atoms with van der Waals surface area (Å²) in [6, 6.07) is 1.15. The van der Waals surface area contributed by atoms with E-state index in [1.165, 1.54) is 38.5 Å². The van der Waals surface area contributed by atoms with Crippen molar-refractivity contribution >= 4 is 0 Å². The standard InChI is InChI=1S/C14H30N2/c1-12(2)10-13(15)11-16(3)14-8-6-4-5-7-9-14/h12-14H,4-11,15H2,1-3H3. The lowest BCUT2D eigenvalue weighted by Gasteiger charge is -2.30. The van der Waals surface area contributed by atoms with Crippen LogP contribution < -0.4 is 5.73 Å². The molecule has 0 heterocycles. The molecule has 0 spiro atoms. The van der Waals surface area contributed by atoms with E-state index >= 15 is 0 Å². The third kappa shape index (κ3) is 5.31. The van der Waals surface area contributed by atoms with Gasteiger partial charge in [0, 0.05) is 18.6 Å². The molecule has 0 saturated heterocycles. The topological polar surface area (TPSA) is 29.3 Å². The average molecular weight is 226 g/mol. The predicted molar refractivity (Wildman–Crippen MR) is 71.6 cm³/mol. The molecule has 0 aromatic carbocycles. The van der Waals surface area contributed by atoms with E-state index in [4.69, 9.17) is 5.73 Å². The van der Waals surface area contributed by atoms with Crippen LogP contribution in [0.3, 0.4) is 0 Å². The third-order valence-corrected chi connectivity index (χ3v) is 3.74. The Hall–Kier alpha value is -0.0800. The van der Waals surface area contributed by atoms with Crippen LogP contribution in [0.2, 0.25) is 0 Å². The van der Waals surface area contributed by atoms with Crippen LogP contribution in [0.15, 0.2) is 0 Å². The minimum Gasteiger partial charge on any atom is -0.327 e.